The molecule has 4 aromatic rings. The van der Waals surface area contributed by atoms with Crippen LogP contribution in [0, 0.1) is 10.1 Å². The molecule has 34 heavy (non-hydrogen) atoms. The molecule has 0 saturated heterocycles. The lowest BCUT2D eigenvalue weighted by Gasteiger charge is -2.19. The van der Waals surface area contributed by atoms with Crippen LogP contribution in [0.4, 0.5) is 24.5 Å². The van der Waals surface area contributed by atoms with Crippen molar-refractivity contribution in [3.63, 3.8) is 0 Å². The summed E-state index contributed by atoms with van der Waals surface area (Å²) < 4.78 is 40.6. The van der Waals surface area contributed by atoms with Gasteiger partial charge < -0.3 is 10.3 Å². The summed E-state index contributed by atoms with van der Waals surface area (Å²) in [5.41, 5.74) is 0.551. The number of H-pyrrole nitrogens is 1. The Hall–Kier alpha value is -3.85. The van der Waals surface area contributed by atoms with E-state index in [0.717, 1.165) is 12.1 Å². The molecule has 1 heterocycles. The Morgan fingerprint density at radius 2 is 1.82 bits per heavy atom. The van der Waals surface area contributed by atoms with E-state index < -0.39 is 33.5 Å². The first-order valence-corrected chi connectivity index (χ1v) is 10.5. The second kappa shape index (κ2) is 9.18. The van der Waals surface area contributed by atoms with Crippen LogP contribution >= 0.6 is 11.6 Å². The molecule has 0 spiro atoms. The highest BCUT2D eigenvalue weighted by Gasteiger charge is 2.34. The van der Waals surface area contributed by atoms with E-state index in [9.17, 15) is 28.1 Å². The molecule has 10 heteroatoms. The Labute approximate surface area is 196 Å². The van der Waals surface area contributed by atoms with Crippen LogP contribution in [0.3, 0.4) is 0 Å². The number of nitrogens with zero attached hydrogens (tertiary/aromatic N) is 1. The molecule has 0 aliphatic heterocycles. The predicted octanol–water partition coefficient (Wildman–Crippen LogP) is 6.91. The van der Waals surface area contributed by atoms with E-state index in [2.05, 4.69) is 10.3 Å². The van der Waals surface area contributed by atoms with E-state index >= 15 is 0 Å². The first-order valence-electron chi connectivity index (χ1n) is 10.1. The number of benzene rings is 3. The summed E-state index contributed by atoms with van der Waals surface area (Å²) in [6, 6.07) is 16.3. The molecular formula is C24H17ClF3N3O3. The number of halogens is 4. The van der Waals surface area contributed by atoms with E-state index in [1.54, 1.807) is 36.5 Å². The van der Waals surface area contributed by atoms with Crippen LogP contribution in [0.5, 0.6) is 0 Å². The third-order valence-electron chi connectivity index (χ3n) is 5.43. The van der Waals surface area contributed by atoms with Gasteiger partial charge in [-0.3, -0.25) is 14.9 Å². The number of rotatable bonds is 6. The normalized spacial score (nSPS) is 12.5. The van der Waals surface area contributed by atoms with Crippen molar-refractivity contribution >= 4 is 39.8 Å². The molecule has 4 rings (SSSR count). The Morgan fingerprint density at radius 3 is 2.50 bits per heavy atom. The maximum atomic E-state index is 13.5. The zero-order valence-electron chi connectivity index (χ0n) is 17.4. The third-order valence-corrected chi connectivity index (χ3v) is 5.76. The van der Waals surface area contributed by atoms with E-state index in [0.29, 0.717) is 22.2 Å². The number of carbonyl (C=O) groups excluding carboxylic acids is 1. The zero-order valence-corrected chi connectivity index (χ0v) is 18.2. The minimum atomic E-state index is -4.69. The van der Waals surface area contributed by atoms with Crippen molar-refractivity contribution in [2.24, 2.45) is 0 Å². The van der Waals surface area contributed by atoms with Crippen molar-refractivity contribution in [2.45, 2.75) is 18.5 Å². The summed E-state index contributed by atoms with van der Waals surface area (Å²) in [5.74, 6) is -1.27. The Balaban J connectivity index is 1.81. The summed E-state index contributed by atoms with van der Waals surface area (Å²) in [4.78, 5) is 26.6. The van der Waals surface area contributed by atoms with Crippen molar-refractivity contribution in [1.29, 1.82) is 0 Å². The van der Waals surface area contributed by atoms with Crippen molar-refractivity contribution in [3.8, 4) is 0 Å². The van der Waals surface area contributed by atoms with Gasteiger partial charge in [-0.05, 0) is 41.5 Å². The average Bonchev–Trinajstić information content (AvgIpc) is 3.21. The predicted molar refractivity (Wildman–Crippen MR) is 123 cm³/mol. The van der Waals surface area contributed by atoms with Crippen LogP contribution in [0.15, 0.2) is 72.9 Å². The lowest BCUT2D eigenvalue weighted by molar-refractivity contribution is -0.384. The third kappa shape index (κ3) is 4.89. The molecule has 1 atom stereocenters. The number of amides is 1. The molecule has 6 nitrogen and oxygen atoms in total. The van der Waals surface area contributed by atoms with Gasteiger partial charge >= 0.3 is 6.18 Å². The van der Waals surface area contributed by atoms with Crippen molar-refractivity contribution in [2.75, 3.05) is 5.32 Å². The van der Waals surface area contributed by atoms with Crippen LogP contribution in [-0.4, -0.2) is 15.8 Å². The SMILES string of the molecule is O=C(C[C@@H](c1ccc(Cl)c(C(F)(F)F)c1)c1c[nH]c2ccc([N+](=O)[O-])cc12)Nc1ccccc1. The lowest BCUT2D eigenvalue weighted by atomic mass is 9.87. The summed E-state index contributed by atoms with van der Waals surface area (Å²) in [6.45, 7) is 0. The standard InChI is InChI=1S/C24H17ClF3N3O3/c25-21-8-6-14(10-20(21)24(26,27)28)17(12-23(32)30-15-4-2-1-3-5-15)19-13-29-22-9-7-16(31(33)34)11-18(19)22/h1-11,13,17,29H,12H2,(H,30,32)/t17-/m0/s1. The van der Waals surface area contributed by atoms with Crippen LogP contribution < -0.4 is 5.32 Å². The van der Waals surface area contributed by atoms with Crippen LogP contribution in [0.1, 0.15) is 29.0 Å². The zero-order chi connectivity index (χ0) is 24.5. The molecule has 0 saturated carbocycles. The second-order valence-electron chi connectivity index (χ2n) is 7.64. The fourth-order valence-corrected chi connectivity index (χ4v) is 4.06. The minimum absolute atomic E-state index is 0.173. The number of nitro groups is 1. The number of nitrogens with one attached hydrogen (secondary N) is 2. The maximum Gasteiger partial charge on any atom is 0.417 e. The quantitative estimate of drug-likeness (QED) is 0.229. The van der Waals surface area contributed by atoms with Gasteiger partial charge in [-0.15, -0.1) is 0 Å². The van der Waals surface area contributed by atoms with Gasteiger partial charge in [0.1, 0.15) is 0 Å². The number of hydrogen-bond donors (Lipinski definition) is 2. The fraction of sp³-hybridized carbons (Fsp3) is 0.125. The average molecular weight is 488 g/mol. The topological polar surface area (TPSA) is 88.0 Å². The van der Waals surface area contributed by atoms with E-state index in [1.807, 2.05) is 0 Å². The highest BCUT2D eigenvalue weighted by molar-refractivity contribution is 6.31. The number of anilines is 1. The van der Waals surface area contributed by atoms with Crippen molar-refractivity contribution in [1.82, 2.24) is 4.98 Å². The highest BCUT2D eigenvalue weighted by Crippen LogP contribution is 2.40. The smallest absolute Gasteiger partial charge is 0.361 e. The van der Waals surface area contributed by atoms with Gasteiger partial charge in [0.2, 0.25) is 5.91 Å². The number of hydrogen-bond acceptors (Lipinski definition) is 3. The Morgan fingerprint density at radius 1 is 1.09 bits per heavy atom. The van der Waals surface area contributed by atoms with Crippen molar-refractivity contribution < 1.29 is 22.9 Å². The first-order chi connectivity index (χ1) is 16.1. The molecule has 0 fully saturated rings. The molecule has 0 radical (unpaired) electrons. The summed E-state index contributed by atoms with van der Waals surface area (Å²) >= 11 is 5.79. The van der Waals surface area contributed by atoms with Gasteiger partial charge in [0.15, 0.2) is 0 Å². The number of fused-ring (bicyclic) bond motifs is 1. The molecular weight excluding hydrogens is 471 g/mol. The van der Waals surface area contributed by atoms with Gasteiger partial charge in [0, 0.05) is 47.3 Å². The van der Waals surface area contributed by atoms with Crippen LogP contribution in [0.25, 0.3) is 10.9 Å². The largest absolute Gasteiger partial charge is 0.417 e. The van der Waals surface area contributed by atoms with Crippen molar-refractivity contribution in [3.05, 3.63) is 105 Å². The number of aromatic nitrogens is 1. The van der Waals surface area contributed by atoms with Gasteiger partial charge in [-0.1, -0.05) is 35.9 Å². The molecule has 1 aromatic heterocycles. The number of para-hydroxylation sites is 1. The molecule has 174 valence electrons. The van der Waals surface area contributed by atoms with Gasteiger partial charge in [0.25, 0.3) is 5.69 Å². The van der Waals surface area contributed by atoms with Gasteiger partial charge in [-0.25, -0.2) is 0 Å². The molecule has 0 aliphatic rings. The molecule has 2 N–H and O–H groups in total. The molecule has 1 amide bonds. The lowest BCUT2D eigenvalue weighted by Crippen LogP contribution is -2.17. The highest BCUT2D eigenvalue weighted by atomic mass is 35.5. The summed E-state index contributed by atoms with van der Waals surface area (Å²) in [7, 11) is 0. The molecule has 0 aliphatic carbocycles. The fourth-order valence-electron chi connectivity index (χ4n) is 3.84. The first kappa shape index (κ1) is 23.3. The second-order valence-corrected chi connectivity index (χ2v) is 8.05. The molecule has 0 bridgehead atoms. The molecule has 0 unspecified atom stereocenters. The van der Waals surface area contributed by atoms with E-state index in [4.69, 9.17) is 11.6 Å². The number of aromatic amines is 1. The number of alkyl halides is 3. The number of nitro benzene ring substituents is 1. The number of carbonyl (C=O) groups is 1. The van der Waals surface area contributed by atoms with Gasteiger partial charge in [-0.2, -0.15) is 13.2 Å². The minimum Gasteiger partial charge on any atom is -0.361 e. The maximum absolute atomic E-state index is 13.5. The van der Waals surface area contributed by atoms with E-state index in [-0.39, 0.29) is 17.7 Å². The Kier molecular flexibility index (Phi) is 6.30. The van der Waals surface area contributed by atoms with E-state index in [1.165, 1.54) is 24.3 Å². The Bertz CT molecular complexity index is 1370. The van der Waals surface area contributed by atoms with Crippen LogP contribution in [-0.2, 0) is 11.0 Å². The monoisotopic (exact) mass is 487 g/mol. The summed E-state index contributed by atoms with van der Waals surface area (Å²) in [6.07, 6.45) is -3.34. The number of non-ortho nitro benzene ring substituents is 1. The van der Waals surface area contributed by atoms with Gasteiger partial charge in [0.05, 0.1) is 15.5 Å². The summed E-state index contributed by atoms with van der Waals surface area (Å²) in [5, 5.41) is 14.0. The molecule has 3 aromatic carbocycles. The van der Waals surface area contributed by atoms with Crippen LogP contribution in [0.2, 0.25) is 5.02 Å².